The standard InChI is InChI=1S/C14H13N3OS/c1-2-13(18)17-11-6-4-3-5-10(11)9-7-12(14(15)16)19-8-9/h2-8H,1H2,(H3,15,16)(H,17,18). The first-order chi connectivity index (χ1) is 9.11. The highest BCUT2D eigenvalue weighted by Gasteiger charge is 2.09. The molecule has 19 heavy (non-hydrogen) atoms. The Labute approximate surface area is 115 Å². The fourth-order valence-electron chi connectivity index (χ4n) is 1.65. The van der Waals surface area contributed by atoms with Crippen molar-refractivity contribution in [3.63, 3.8) is 0 Å². The van der Waals surface area contributed by atoms with Gasteiger partial charge in [0.1, 0.15) is 5.84 Å². The quantitative estimate of drug-likeness (QED) is 0.454. The molecule has 0 aliphatic carbocycles. The van der Waals surface area contributed by atoms with Gasteiger partial charge in [0, 0.05) is 11.3 Å². The topological polar surface area (TPSA) is 79.0 Å². The van der Waals surface area contributed by atoms with E-state index >= 15 is 0 Å². The Kier molecular flexibility index (Phi) is 3.77. The molecule has 1 aromatic carbocycles. The molecule has 1 amide bonds. The van der Waals surface area contributed by atoms with E-state index in [9.17, 15) is 4.79 Å². The van der Waals surface area contributed by atoms with Crippen molar-refractivity contribution in [2.24, 2.45) is 5.73 Å². The third-order valence-electron chi connectivity index (χ3n) is 2.55. The van der Waals surface area contributed by atoms with Gasteiger partial charge in [-0.25, -0.2) is 0 Å². The van der Waals surface area contributed by atoms with E-state index in [0.29, 0.717) is 10.6 Å². The van der Waals surface area contributed by atoms with Crippen LogP contribution in [-0.4, -0.2) is 11.7 Å². The fraction of sp³-hybridized carbons (Fsp3) is 0. The zero-order valence-corrected chi connectivity index (χ0v) is 11.0. The molecular weight excluding hydrogens is 258 g/mol. The number of nitrogens with one attached hydrogen (secondary N) is 2. The van der Waals surface area contributed by atoms with Crippen LogP contribution in [0.5, 0.6) is 0 Å². The van der Waals surface area contributed by atoms with Gasteiger partial charge in [-0.1, -0.05) is 24.8 Å². The molecule has 0 radical (unpaired) electrons. The lowest BCUT2D eigenvalue weighted by Crippen LogP contribution is -2.08. The lowest BCUT2D eigenvalue weighted by atomic mass is 10.1. The highest BCUT2D eigenvalue weighted by atomic mass is 32.1. The fourth-order valence-corrected chi connectivity index (χ4v) is 2.42. The average Bonchev–Trinajstić information content (AvgIpc) is 2.89. The van der Waals surface area contributed by atoms with Gasteiger partial charge < -0.3 is 11.1 Å². The lowest BCUT2D eigenvalue weighted by molar-refractivity contribution is -0.111. The predicted octanol–water partition coefficient (Wildman–Crippen LogP) is 2.82. The third-order valence-corrected chi connectivity index (χ3v) is 3.51. The summed E-state index contributed by atoms with van der Waals surface area (Å²) in [6, 6.07) is 9.31. The molecule has 0 atom stereocenters. The van der Waals surface area contributed by atoms with Crippen molar-refractivity contribution in [3.8, 4) is 11.1 Å². The van der Waals surface area contributed by atoms with Crippen LogP contribution in [0.4, 0.5) is 5.69 Å². The maximum atomic E-state index is 11.4. The summed E-state index contributed by atoms with van der Waals surface area (Å²) in [6.07, 6.45) is 1.23. The Bertz CT molecular complexity index is 646. The van der Waals surface area contributed by atoms with Crippen molar-refractivity contribution in [1.29, 1.82) is 5.41 Å². The summed E-state index contributed by atoms with van der Waals surface area (Å²) in [4.78, 5) is 12.1. The van der Waals surface area contributed by atoms with Crippen LogP contribution in [0.15, 0.2) is 48.4 Å². The zero-order valence-electron chi connectivity index (χ0n) is 10.1. The number of anilines is 1. The molecule has 4 N–H and O–H groups in total. The smallest absolute Gasteiger partial charge is 0.247 e. The van der Waals surface area contributed by atoms with Crippen LogP contribution in [0.3, 0.4) is 0 Å². The van der Waals surface area contributed by atoms with Gasteiger partial charge in [0.25, 0.3) is 0 Å². The second-order valence-corrected chi connectivity index (χ2v) is 4.76. The van der Waals surface area contributed by atoms with E-state index in [1.807, 2.05) is 35.7 Å². The van der Waals surface area contributed by atoms with Gasteiger partial charge in [-0.2, -0.15) is 0 Å². The van der Waals surface area contributed by atoms with E-state index in [0.717, 1.165) is 11.1 Å². The Morgan fingerprint density at radius 2 is 2.16 bits per heavy atom. The first-order valence-corrected chi connectivity index (χ1v) is 6.45. The first kappa shape index (κ1) is 13.0. The third kappa shape index (κ3) is 2.89. The number of carbonyl (C=O) groups is 1. The SMILES string of the molecule is C=CC(=O)Nc1ccccc1-c1csc(C(=N)N)c1. The van der Waals surface area contributed by atoms with Gasteiger partial charge in [0.05, 0.1) is 4.88 Å². The van der Waals surface area contributed by atoms with Crippen molar-refractivity contribution < 1.29 is 4.79 Å². The minimum atomic E-state index is -0.255. The normalized spacial score (nSPS) is 9.89. The molecule has 0 spiro atoms. The number of para-hydroxylation sites is 1. The molecule has 0 aliphatic heterocycles. The molecule has 2 aromatic rings. The number of nitrogens with two attached hydrogens (primary N) is 1. The number of hydrogen-bond acceptors (Lipinski definition) is 3. The van der Waals surface area contributed by atoms with E-state index in [4.69, 9.17) is 11.1 Å². The molecular formula is C14H13N3OS. The molecule has 0 saturated carbocycles. The summed E-state index contributed by atoms with van der Waals surface area (Å²) >= 11 is 1.40. The van der Waals surface area contributed by atoms with E-state index in [2.05, 4.69) is 11.9 Å². The highest BCUT2D eigenvalue weighted by Crippen LogP contribution is 2.31. The largest absolute Gasteiger partial charge is 0.383 e. The summed E-state index contributed by atoms with van der Waals surface area (Å²) < 4.78 is 0. The molecule has 2 rings (SSSR count). The van der Waals surface area contributed by atoms with Gasteiger partial charge in [-0.05, 0) is 29.2 Å². The number of benzene rings is 1. The van der Waals surface area contributed by atoms with Crippen LogP contribution in [0.1, 0.15) is 4.88 Å². The minimum Gasteiger partial charge on any atom is -0.383 e. The van der Waals surface area contributed by atoms with E-state index in [-0.39, 0.29) is 11.7 Å². The van der Waals surface area contributed by atoms with Crippen LogP contribution in [0.25, 0.3) is 11.1 Å². The van der Waals surface area contributed by atoms with Crippen LogP contribution in [0, 0.1) is 5.41 Å². The number of nitrogen functional groups attached to an aromatic ring is 1. The number of amidine groups is 1. The van der Waals surface area contributed by atoms with Gasteiger partial charge in [-0.15, -0.1) is 11.3 Å². The van der Waals surface area contributed by atoms with Gasteiger partial charge in [0.15, 0.2) is 0 Å². The number of rotatable bonds is 4. The monoisotopic (exact) mass is 271 g/mol. The molecule has 0 unspecified atom stereocenters. The number of thiophene rings is 1. The van der Waals surface area contributed by atoms with Crippen LogP contribution in [0.2, 0.25) is 0 Å². The molecule has 1 heterocycles. The molecule has 0 aliphatic rings. The first-order valence-electron chi connectivity index (χ1n) is 5.57. The second-order valence-electron chi connectivity index (χ2n) is 3.85. The number of hydrogen-bond donors (Lipinski definition) is 3. The van der Waals surface area contributed by atoms with Crippen molar-refractivity contribution in [1.82, 2.24) is 0 Å². The van der Waals surface area contributed by atoms with Crippen molar-refractivity contribution >= 4 is 28.8 Å². The summed E-state index contributed by atoms with van der Waals surface area (Å²) in [5.41, 5.74) is 7.98. The minimum absolute atomic E-state index is 0.0452. The molecule has 96 valence electrons. The molecule has 0 fully saturated rings. The maximum absolute atomic E-state index is 11.4. The van der Waals surface area contributed by atoms with Gasteiger partial charge in [-0.3, -0.25) is 10.2 Å². The molecule has 0 saturated heterocycles. The van der Waals surface area contributed by atoms with Crippen LogP contribution < -0.4 is 11.1 Å². The molecule has 5 heteroatoms. The van der Waals surface area contributed by atoms with E-state index < -0.39 is 0 Å². The number of carbonyl (C=O) groups excluding carboxylic acids is 1. The molecule has 4 nitrogen and oxygen atoms in total. The Morgan fingerprint density at radius 3 is 2.79 bits per heavy atom. The summed E-state index contributed by atoms with van der Waals surface area (Å²) in [5, 5.41) is 12.1. The Balaban J connectivity index is 2.40. The van der Waals surface area contributed by atoms with Crippen LogP contribution >= 0.6 is 11.3 Å². The van der Waals surface area contributed by atoms with Crippen molar-refractivity contribution in [2.75, 3.05) is 5.32 Å². The summed E-state index contributed by atoms with van der Waals surface area (Å²) in [5.74, 6) is -0.210. The number of amides is 1. The lowest BCUT2D eigenvalue weighted by Gasteiger charge is -2.08. The van der Waals surface area contributed by atoms with Crippen molar-refractivity contribution in [3.05, 3.63) is 53.2 Å². The van der Waals surface area contributed by atoms with E-state index in [1.54, 1.807) is 0 Å². The zero-order chi connectivity index (χ0) is 13.8. The second kappa shape index (κ2) is 5.49. The Hall–Kier alpha value is -2.40. The molecule has 1 aromatic heterocycles. The average molecular weight is 271 g/mol. The van der Waals surface area contributed by atoms with Crippen molar-refractivity contribution in [2.45, 2.75) is 0 Å². The van der Waals surface area contributed by atoms with E-state index in [1.165, 1.54) is 17.4 Å². The maximum Gasteiger partial charge on any atom is 0.247 e. The van der Waals surface area contributed by atoms with Gasteiger partial charge in [0.2, 0.25) is 5.91 Å². The Morgan fingerprint density at radius 1 is 1.42 bits per heavy atom. The van der Waals surface area contributed by atoms with Crippen LogP contribution in [-0.2, 0) is 4.79 Å². The molecule has 0 bridgehead atoms. The summed E-state index contributed by atoms with van der Waals surface area (Å²) in [6.45, 7) is 3.43. The highest BCUT2D eigenvalue weighted by molar-refractivity contribution is 7.12. The predicted molar refractivity (Wildman–Crippen MR) is 79.6 cm³/mol. The summed E-state index contributed by atoms with van der Waals surface area (Å²) in [7, 11) is 0. The van der Waals surface area contributed by atoms with Gasteiger partial charge >= 0.3 is 0 Å².